The van der Waals surface area contributed by atoms with Gasteiger partial charge in [-0.15, -0.1) is 0 Å². The molecule has 0 bridgehead atoms. The van der Waals surface area contributed by atoms with E-state index < -0.39 is 16.8 Å². The summed E-state index contributed by atoms with van der Waals surface area (Å²) >= 11 is 0. The zero-order chi connectivity index (χ0) is 10.6. The summed E-state index contributed by atoms with van der Waals surface area (Å²) in [6.45, 7) is 1.93. The van der Waals surface area contributed by atoms with Crippen LogP contribution < -0.4 is 0 Å². The van der Waals surface area contributed by atoms with Crippen LogP contribution in [0.3, 0.4) is 0 Å². The lowest BCUT2D eigenvalue weighted by Crippen LogP contribution is -1.90. The molecule has 1 aromatic rings. The van der Waals surface area contributed by atoms with Gasteiger partial charge in [-0.2, -0.15) is 0 Å². The largest absolute Gasteiger partial charge is 0.478 e. The summed E-state index contributed by atoms with van der Waals surface area (Å²) in [5, 5.41) is 9.49. The van der Waals surface area contributed by atoms with Crippen LogP contribution in [0.4, 0.5) is 0 Å². The summed E-state index contributed by atoms with van der Waals surface area (Å²) in [4.78, 5) is 10.8. The van der Waals surface area contributed by atoms with Crippen molar-refractivity contribution in [3.05, 3.63) is 41.3 Å². The van der Waals surface area contributed by atoms with Crippen molar-refractivity contribution in [3.8, 4) is 0 Å². The number of hydrogen-bond donors (Lipinski definition) is 1. The van der Waals surface area contributed by atoms with Crippen molar-refractivity contribution in [1.29, 1.82) is 0 Å². The van der Waals surface area contributed by atoms with Gasteiger partial charge in [0.05, 0.1) is 10.8 Å². The predicted molar refractivity (Wildman–Crippen MR) is 54.4 cm³/mol. The third-order valence-corrected chi connectivity index (χ3v) is 2.71. The molecule has 1 aromatic carbocycles. The van der Waals surface area contributed by atoms with Gasteiger partial charge in [0, 0.05) is 16.4 Å². The van der Waals surface area contributed by atoms with E-state index in [1.165, 1.54) is 0 Å². The second-order valence-corrected chi connectivity index (χ2v) is 4.09. The smallest absolute Gasteiger partial charge is 0.328 e. The summed E-state index contributed by atoms with van der Waals surface area (Å²) in [6, 6.07) is 7.11. The number of carboxylic acid groups (broad SMARTS) is 1. The van der Waals surface area contributed by atoms with E-state index in [1.807, 2.05) is 19.1 Å². The molecule has 0 saturated heterocycles. The van der Waals surface area contributed by atoms with E-state index in [0.29, 0.717) is 4.90 Å². The molecule has 1 N–H and O–H groups in total. The molecule has 14 heavy (non-hydrogen) atoms. The Morgan fingerprint density at radius 2 is 1.93 bits per heavy atom. The Balaban J connectivity index is 2.80. The van der Waals surface area contributed by atoms with Crippen LogP contribution in [0.5, 0.6) is 0 Å². The van der Waals surface area contributed by atoms with Crippen molar-refractivity contribution >= 4 is 16.8 Å². The van der Waals surface area contributed by atoms with Crippen LogP contribution in [0.1, 0.15) is 5.56 Å². The van der Waals surface area contributed by atoms with Gasteiger partial charge in [-0.3, -0.25) is 0 Å². The van der Waals surface area contributed by atoms with Gasteiger partial charge in [0.15, 0.2) is 0 Å². The molecule has 0 saturated carbocycles. The first-order valence-corrected chi connectivity index (χ1v) is 5.19. The third kappa shape index (κ3) is 3.14. The van der Waals surface area contributed by atoms with E-state index in [-0.39, 0.29) is 0 Å². The zero-order valence-corrected chi connectivity index (χ0v) is 8.45. The lowest BCUT2D eigenvalue weighted by atomic mass is 10.2. The van der Waals surface area contributed by atoms with E-state index in [9.17, 15) is 9.00 Å². The molecule has 0 aromatic heterocycles. The highest BCUT2D eigenvalue weighted by molar-refractivity contribution is 7.88. The lowest BCUT2D eigenvalue weighted by molar-refractivity contribution is -0.131. The molecule has 0 fully saturated rings. The van der Waals surface area contributed by atoms with Crippen molar-refractivity contribution in [2.45, 2.75) is 11.8 Å². The molecule has 1 rings (SSSR count). The highest BCUT2D eigenvalue weighted by Gasteiger charge is 1.99. The van der Waals surface area contributed by atoms with E-state index in [0.717, 1.165) is 17.0 Å². The Morgan fingerprint density at radius 3 is 2.43 bits per heavy atom. The quantitative estimate of drug-likeness (QED) is 0.772. The van der Waals surface area contributed by atoms with Gasteiger partial charge in [0.25, 0.3) is 0 Å². The van der Waals surface area contributed by atoms with Crippen molar-refractivity contribution < 1.29 is 14.1 Å². The number of hydrogen-bond acceptors (Lipinski definition) is 2. The number of carbonyl (C=O) groups is 1. The van der Waals surface area contributed by atoms with Crippen LogP contribution in [-0.4, -0.2) is 15.3 Å². The van der Waals surface area contributed by atoms with Crippen LogP contribution in [0, 0.1) is 6.92 Å². The maximum Gasteiger partial charge on any atom is 0.328 e. The minimum absolute atomic E-state index is 0.605. The first-order chi connectivity index (χ1) is 6.59. The van der Waals surface area contributed by atoms with E-state index in [1.54, 1.807) is 12.1 Å². The normalized spacial score (nSPS) is 12.9. The van der Waals surface area contributed by atoms with Crippen molar-refractivity contribution in [1.82, 2.24) is 0 Å². The predicted octanol–water partition coefficient (Wildman–Crippen LogP) is 1.70. The number of benzene rings is 1. The monoisotopic (exact) mass is 210 g/mol. The maximum absolute atomic E-state index is 11.4. The SMILES string of the molecule is Cc1ccc(S(=O)/C=C/C(=O)O)cc1. The summed E-state index contributed by atoms with van der Waals surface area (Å²) in [6.07, 6.45) is 0.885. The molecule has 4 heteroatoms. The van der Waals surface area contributed by atoms with Crippen LogP contribution in [0.25, 0.3) is 0 Å². The molecule has 0 spiro atoms. The summed E-state index contributed by atoms with van der Waals surface area (Å²) in [5.74, 6) is -1.09. The van der Waals surface area contributed by atoms with Crippen LogP contribution in [0.2, 0.25) is 0 Å². The second-order valence-electron chi connectivity index (χ2n) is 2.75. The summed E-state index contributed by atoms with van der Waals surface area (Å²) in [7, 11) is -1.37. The molecule has 1 unspecified atom stereocenters. The summed E-state index contributed by atoms with van der Waals surface area (Å²) in [5.41, 5.74) is 1.08. The van der Waals surface area contributed by atoms with Crippen molar-refractivity contribution in [2.75, 3.05) is 0 Å². The molecule has 0 radical (unpaired) electrons. The Morgan fingerprint density at radius 1 is 1.36 bits per heavy atom. The van der Waals surface area contributed by atoms with Crippen molar-refractivity contribution in [2.24, 2.45) is 0 Å². The van der Waals surface area contributed by atoms with Crippen molar-refractivity contribution in [3.63, 3.8) is 0 Å². The Hall–Kier alpha value is -1.42. The fourth-order valence-electron chi connectivity index (χ4n) is 0.871. The first-order valence-electron chi connectivity index (χ1n) is 3.98. The van der Waals surface area contributed by atoms with Gasteiger partial charge in [-0.1, -0.05) is 17.7 Å². The fourth-order valence-corrected chi connectivity index (χ4v) is 1.67. The molecule has 0 amide bonds. The van der Waals surface area contributed by atoms with E-state index >= 15 is 0 Å². The van der Waals surface area contributed by atoms with Gasteiger partial charge in [-0.05, 0) is 19.1 Å². The van der Waals surface area contributed by atoms with Crippen LogP contribution in [-0.2, 0) is 15.6 Å². The third-order valence-electron chi connectivity index (χ3n) is 1.59. The van der Waals surface area contributed by atoms with E-state index in [2.05, 4.69) is 0 Å². The standard InChI is InChI=1S/C10H10O3S/c1-8-2-4-9(5-3-8)14(13)7-6-10(11)12/h2-7H,1H3,(H,11,12)/b7-6+. The molecule has 74 valence electrons. The number of rotatable bonds is 3. The average molecular weight is 210 g/mol. The molecule has 0 aliphatic rings. The molecular formula is C10H10O3S. The number of carboxylic acids is 1. The topological polar surface area (TPSA) is 54.4 Å². The minimum atomic E-state index is -1.37. The molecule has 3 nitrogen and oxygen atoms in total. The minimum Gasteiger partial charge on any atom is -0.478 e. The Kier molecular flexibility index (Phi) is 3.59. The maximum atomic E-state index is 11.4. The zero-order valence-electron chi connectivity index (χ0n) is 7.64. The molecule has 0 heterocycles. The fraction of sp³-hybridized carbons (Fsp3) is 0.100. The second kappa shape index (κ2) is 4.72. The highest BCUT2D eigenvalue weighted by Crippen LogP contribution is 2.08. The van der Waals surface area contributed by atoms with E-state index in [4.69, 9.17) is 5.11 Å². The molecule has 1 atom stereocenters. The molecule has 0 aliphatic carbocycles. The van der Waals surface area contributed by atoms with Gasteiger partial charge in [0.1, 0.15) is 0 Å². The highest BCUT2D eigenvalue weighted by atomic mass is 32.2. The lowest BCUT2D eigenvalue weighted by Gasteiger charge is -1.96. The number of aliphatic carboxylic acids is 1. The average Bonchev–Trinajstić information content (AvgIpc) is 2.15. The van der Waals surface area contributed by atoms with Crippen LogP contribution >= 0.6 is 0 Å². The van der Waals surface area contributed by atoms with Gasteiger partial charge in [-0.25, -0.2) is 9.00 Å². The molecular weight excluding hydrogens is 200 g/mol. The first kappa shape index (κ1) is 10.7. The van der Waals surface area contributed by atoms with Gasteiger partial charge >= 0.3 is 5.97 Å². The summed E-state index contributed by atoms with van der Waals surface area (Å²) < 4.78 is 11.4. The molecule has 0 aliphatic heterocycles. The number of aryl methyl sites for hydroxylation is 1. The van der Waals surface area contributed by atoms with Crippen LogP contribution in [0.15, 0.2) is 40.6 Å². The van der Waals surface area contributed by atoms with Gasteiger partial charge < -0.3 is 5.11 Å². The van der Waals surface area contributed by atoms with Gasteiger partial charge in [0.2, 0.25) is 0 Å². The Labute approximate surface area is 84.5 Å². The Bertz CT molecular complexity index is 379.